The highest BCUT2D eigenvalue weighted by atomic mass is 127. The molecule has 6 nitrogen and oxygen atoms in total. The van der Waals surface area contributed by atoms with Gasteiger partial charge in [-0.1, -0.05) is 26.7 Å². The molecule has 3 N–H and O–H groups in total. The van der Waals surface area contributed by atoms with Crippen molar-refractivity contribution >= 4 is 41.3 Å². The maximum atomic E-state index is 10.8. The zero-order valence-corrected chi connectivity index (χ0v) is 21.5. The first-order chi connectivity index (χ1) is 13.5. The molecular formula is C21H39IN4O2S. The molecule has 2 atom stereocenters. The van der Waals surface area contributed by atoms with E-state index in [1.807, 2.05) is 23.8 Å². The van der Waals surface area contributed by atoms with Crippen molar-refractivity contribution in [3.8, 4) is 0 Å². The summed E-state index contributed by atoms with van der Waals surface area (Å²) < 4.78 is 5.55. The SMILES string of the molecule is CCNC(=NCC(C)(O)c1ccsc1)NCC(C(CC)CC)N1CCOCC1.I. The van der Waals surface area contributed by atoms with Crippen LogP contribution in [-0.4, -0.2) is 67.9 Å². The number of aliphatic imine (C=N–C) groups is 1. The Morgan fingerprint density at radius 1 is 1.28 bits per heavy atom. The van der Waals surface area contributed by atoms with Crippen molar-refractivity contribution in [3.63, 3.8) is 0 Å². The lowest BCUT2D eigenvalue weighted by Gasteiger charge is -2.39. The van der Waals surface area contributed by atoms with Crippen molar-refractivity contribution in [1.29, 1.82) is 0 Å². The fourth-order valence-corrected chi connectivity index (χ4v) is 4.56. The molecule has 29 heavy (non-hydrogen) atoms. The van der Waals surface area contributed by atoms with E-state index in [2.05, 4.69) is 41.3 Å². The quantitative estimate of drug-likeness (QED) is 0.243. The first-order valence-electron chi connectivity index (χ1n) is 10.6. The number of thiophene rings is 1. The summed E-state index contributed by atoms with van der Waals surface area (Å²) in [5, 5.41) is 21.6. The van der Waals surface area contributed by atoms with E-state index < -0.39 is 5.60 Å². The summed E-state index contributed by atoms with van der Waals surface area (Å²) in [4.78, 5) is 7.23. The Kier molecular flexibility index (Phi) is 12.7. The molecule has 1 aromatic heterocycles. The second kappa shape index (κ2) is 13.8. The van der Waals surface area contributed by atoms with E-state index >= 15 is 0 Å². The number of ether oxygens (including phenoxy) is 1. The molecular weight excluding hydrogens is 499 g/mol. The molecule has 0 spiro atoms. The number of hydrogen-bond acceptors (Lipinski definition) is 5. The Morgan fingerprint density at radius 3 is 2.52 bits per heavy atom. The van der Waals surface area contributed by atoms with Crippen molar-refractivity contribution in [1.82, 2.24) is 15.5 Å². The Balaban J connectivity index is 0.00000420. The third-order valence-electron chi connectivity index (χ3n) is 5.62. The average Bonchev–Trinajstić information content (AvgIpc) is 3.26. The third kappa shape index (κ3) is 8.32. The van der Waals surface area contributed by atoms with Crippen LogP contribution in [0.1, 0.15) is 46.1 Å². The number of rotatable bonds is 10. The average molecular weight is 539 g/mol. The lowest BCUT2D eigenvalue weighted by molar-refractivity contribution is 0.00270. The largest absolute Gasteiger partial charge is 0.383 e. The predicted molar refractivity (Wildman–Crippen MR) is 134 cm³/mol. The van der Waals surface area contributed by atoms with Gasteiger partial charge in [0.1, 0.15) is 5.60 Å². The van der Waals surface area contributed by atoms with E-state index in [1.54, 1.807) is 11.3 Å². The van der Waals surface area contributed by atoms with E-state index in [9.17, 15) is 5.11 Å². The predicted octanol–water partition coefficient (Wildman–Crippen LogP) is 3.27. The van der Waals surface area contributed by atoms with Gasteiger partial charge in [-0.25, -0.2) is 4.99 Å². The lowest BCUT2D eigenvalue weighted by Crippen LogP contribution is -2.53. The fourth-order valence-electron chi connectivity index (χ4n) is 3.77. The molecule has 168 valence electrons. The number of guanidine groups is 1. The number of hydrogen-bond donors (Lipinski definition) is 3. The molecule has 0 saturated carbocycles. The molecule has 1 aliphatic rings. The van der Waals surface area contributed by atoms with Crippen molar-refractivity contribution in [3.05, 3.63) is 22.4 Å². The molecule has 2 heterocycles. The van der Waals surface area contributed by atoms with Crippen molar-refractivity contribution in [2.45, 2.75) is 52.2 Å². The molecule has 0 amide bonds. The van der Waals surface area contributed by atoms with Crippen LogP contribution in [0, 0.1) is 5.92 Å². The fraction of sp³-hybridized carbons (Fsp3) is 0.762. The molecule has 1 aliphatic heterocycles. The number of morpholine rings is 1. The van der Waals surface area contributed by atoms with Crippen LogP contribution in [-0.2, 0) is 10.3 Å². The van der Waals surface area contributed by atoms with Gasteiger partial charge in [-0.05, 0) is 42.2 Å². The summed E-state index contributed by atoms with van der Waals surface area (Å²) in [6.07, 6.45) is 2.33. The summed E-state index contributed by atoms with van der Waals surface area (Å²) in [5.74, 6) is 1.41. The monoisotopic (exact) mass is 538 g/mol. The molecule has 1 fully saturated rings. The zero-order valence-electron chi connectivity index (χ0n) is 18.3. The van der Waals surface area contributed by atoms with Crippen LogP contribution in [0.5, 0.6) is 0 Å². The standard InChI is InChI=1S/C21H38N4O2S.HI/c1-5-17(6-2)19(25-9-11-27-12-10-25)14-23-20(22-7-3)24-16-21(4,26)18-8-13-28-15-18;/h8,13,15,17,19,26H,5-7,9-12,14,16H2,1-4H3,(H2,22,23,24);1H. The van der Waals surface area contributed by atoms with Crippen LogP contribution in [0.4, 0.5) is 0 Å². The molecule has 0 aromatic carbocycles. The minimum absolute atomic E-state index is 0. The van der Waals surface area contributed by atoms with Gasteiger partial charge < -0.3 is 20.5 Å². The van der Waals surface area contributed by atoms with Crippen LogP contribution in [0.25, 0.3) is 0 Å². The van der Waals surface area contributed by atoms with Gasteiger partial charge in [-0.2, -0.15) is 11.3 Å². The number of aliphatic hydroxyl groups is 1. The van der Waals surface area contributed by atoms with E-state index in [-0.39, 0.29) is 24.0 Å². The lowest BCUT2D eigenvalue weighted by atomic mass is 9.92. The Labute approximate surface area is 197 Å². The smallest absolute Gasteiger partial charge is 0.191 e. The van der Waals surface area contributed by atoms with Crippen LogP contribution in [0.2, 0.25) is 0 Å². The first-order valence-corrected chi connectivity index (χ1v) is 11.5. The molecule has 0 radical (unpaired) electrons. The van der Waals surface area contributed by atoms with Gasteiger partial charge in [-0.15, -0.1) is 24.0 Å². The maximum absolute atomic E-state index is 10.8. The minimum Gasteiger partial charge on any atom is -0.383 e. The molecule has 2 rings (SSSR count). The van der Waals surface area contributed by atoms with Gasteiger partial charge in [0.15, 0.2) is 5.96 Å². The van der Waals surface area contributed by atoms with Crippen molar-refractivity contribution in [2.24, 2.45) is 10.9 Å². The number of halogens is 1. The second-order valence-electron chi connectivity index (χ2n) is 7.65. The second-order valence-corrected chi connectivity index (χ2v) is 8.43. The van der Waals surface area contributed by atoms with E-state index in [0.29, 0.717) is 18.5 Å². The highest BCUT2D eigenvalue weighted by molar-refractivity contribution is 14.0. The Morgan fingerprint density at radius 2 is 1.97 bits per heavy atom. The molecule has 8 heteroatoms. The van der Waals surface area contributed by atoms with Gasteiger partial charge in [-0.3, -0.25) is 4.90 Å². The summed E-state index contributed by atoms with van der Waals surface area (Å²) in [6.45, 7) is 14.0. The van der Waals surface area contributed by atoms with E-state index in [1.165, 1.54) is 12.8 Å². The molecule has 1 aromatic rings. The highest BCUT2D eigenvalue weighted by Crippen LogP contribution is 2.23. The van der Waals surface area contributed by atoms with Crippen LogP contribution < -0.4 is 10.6 Å². The highest BCUT2D eigenvalue weighted by Gasteiger charge is 2.27. The molecule has 1 saturated heterocycles. The van der Waals surface area contributed by atoms with Crippen LogP contribution >= 0.6 is 35.3 Å². The number of nitrogens with zero attached hydrogens (tertiary/aromatic N) is 2. The minimum atomic E-state index is -0.957. The summed E-state index contributed by atoms with van der Waals surface area (Å²) >= 11 is 1.59. The van der Waals surface area contributed by atoms with Crippen molar-refractivity contribution in [2.75, 3.05) is 45.9 Å². The van der Waals surface area contributed by atoms with Crippen LogP contribution in [0.3, 0.4) is 0 Å². The summed E-state index contributed by atoms with van der Waals surface area (Å²) in [5.41, 5.74) is -0.0400. The van der Waals surface area contributed by atoms with Gasteiger partial charge in [0, 0.05) is 32.2 Å². The van der Waals surface area contributed by atoms with Gasteiger partial charge >= 0.3 is 0 Å². The zero-order chi connectivity index (χ0) is 20.4. The molecule has 0 bridgehead atoms. The molecule has 2 unspecified atom stereocenters. The van der Waals surface area contributed by atoms with Gasteiger partial charge in [0.2, 0.25) is 0 Å². The normalized spacial score (nSPS) is 18.8. The van der Waals surface area contributed by atoms with Crippen molar-refractivity contribution < 1.29 is 9.84 Å². The molecule has 0 aliphatic carbocycles. The van der Waals surface area contributed by atoms with Gasteiger partial charge in [0.05, 0.1) is 19.8 Å². The third-order valence-corrected chi connectivity index (χ3v) is 6.30. The maximum Gasteiger partial charge on any atom is 0.191 e. The van der Waals surface area contributed by atoms with Gasteiger partial charge in [0.25, 0.3) is 0 Å². The van der Waals surface area contributed by atoms with Crippen LogP contribution in [0.15, 0.2) is 21.8 Å². The Hall–Kier alpha value is -0.420. The topological polar surface area (TPSA) is 69.1 Å². The summed E-state index contributed by atoms with van der Waals surface area (Å²) in [7, 11) is 0. The number of nitrogens with one attached hydrogen (secondary N) is 2. The summed E-state index contributed by atoms with van der Waals surface area (Å²) in [6, 6.07) is 2.42. The first kappa shape index (κ1) is 26.6. The van der Waals surface area contributed by atoms with E-state index in [0.717, 1.165) is 50.9 Å². The van der Waals surface area contributed by atoms with E-state index in [4.69, 9.17) is 4.74 Å². The Bertz CT molecular complexity index is 573.